The van der Waals surface area contributed by atoms with Crippen LogP contribution < -0.4 is 5.69 Å². The van der Waals surface area contributed by atoms with Gasteiger partial charge in [-0.05, 0) is 6.07 Å². The van der Waals surface area contributed by atoms with Gasteiger partial charge in [0.25, 0.3) is 0 Å². The van der Waals surface area contributed by atoms with Crippen LogP contribution >= 0.6 is 7.82 Å². The van der Waals surface area contributed by atoms with Gasteiger partial charge in [0.1, 0.15) is 25.4 Å². The van der Waals surface area contributed by atoms with Crippen LogP contribution in [0.15, 0.2) is 23.3 Å². The van der Waals surface area contributed by atoms with E-state index in [0.29, 0.717) is 11.0 Å². The number of rotatable bonds is 5. The third kappa shape index (κ3) is 4.16. The highest BCUT2D eigenvalue weighted by atomic mass is 31.2. The van der Waals surface area contributed by atoms with Crippen molar-refractivity contribution in [2.24, 2.45) is 0 Å². The number of nitrogens with zero attached hydrogens (tertiary/aromatic N) is 3. The standard InChI is InChI=1S/C14H22FN3O6P/c1-18(2,3)7-8-21-25(20)22-9-10-12(24-25)11(15)13(23-10)17-6-4-5-16-14(17)19/h4-6,10-13H,7-9H2,1-3H3/q+1/t10-,11?,12-,13-,25?/m1/s1. The van der Waals surface area contributed by atoms with E-state index in [1.54, 1.807) is 0 Å². The number of hydrogen-bond acceptors (Lipinski definition) is 7. The summed E-state index contributed by atoms with van der Waals surface area (Å²) >= 11 is 0. The number of likely N-dealkylation sites (N-methyl/N-ethyl adjacent to an activating group) is 1. The summed E-state index contributed by atoms with van der Waals surface area (Å²) in [4.78, 5) is 15.3. The van der Waals surface area contributed by atoms with Crippen molar-refractivity contribution in [3.8, 4) is 0 Å². The number of fused-ring (bicyclic) bond motifs is 1. The lowest BCUT2D eigenvalue weighted by Crippen LogP contribution is -2.40. The van der Waals surface area contributed by atoms with Crippen LogP contribution in [-0.4, -0.2) is 73.3 Å². The molecule has 140 valence electrons. The highest BCUT2D eigenvalue weighted by molar-refractivity contribution is 7.48. The molecule has 0 N–H and O–H groups in total. The molecule has 25 heavy (non-hydrogen) atoms. The molecule has 2 saturated heterocycles. The van der Waals surface area contributed by atoms with Crippen LogP contribution in [0.25, 0.3) is 0 Å². The van der Waals surface area contributed by atoms with E-state index in [0.717, 1.165) is 4.57 Å². The number of phosphoric ester groups is 1. The second kappa shape index (κ2) is 6.86. The fourth-order valence-electron chi connectivity index (χ4n) is 2.58. The molecule has 9 nitrogen and oxygen atoms in total. The average Bonchev–Trinajstić information content (AvgIpc) is 2.83. The minimum atomic E-state index is -3.87. The molecule has 2 unspecified atom stereocenters. The van der Waals surface area contributed by atoms with Crippen molar-refractivity contribution in [3.05, 3.63) is 28.9 Å². The molecule has 3 rings (SSSR count). The van der Waals surface area contributed by atoms with Crippen molar-refractivity contribution < 1.29 is 31.7 Å². The lowest BCUT2D eigenvalue weighted by atomic mass is 10.1. The molecule has 1 aromatic rings. The van der Waals surface area contributed by atoms with Gasteiger partial charge < -0.3 is 9.22 Å². The van der Waals surface area contributed by atoms with Crippen molar-refractivity contribution in [1.82, 2.24) is 9.55 Å². The second-order valence-electron chi connectivity index (χ2n) is 6.98. The zero-order valence-electron chi connectivity index (χ0n) is 14.3. The zero-order chi connectivity index (χ0) is 18.2. The van der Waals surface area contributed by atoms with Crippen molar-refractivity contribution >= 4 is 7.82 Å². The van der Waals surface area contributed by atoms with E-state index < -0.39 is 38.1 Å². The minimum absolute atomic E-state index is 0.140. The van der Waals surface area contributed by atoms with E-state index in [2.05, 4.69) is 4.98 Å². The zero-order valence-corrected chi connectivity index (χ0v) is 15.2. The van der Waals surface area contributed by atoms with E-state index in [1.807, 2.05) is 21.1 Å². The Balaban J connectivity index is 1.68. The summed E-state index contributed by atoms with van der Waals surface area (Å²) < 4.78 is 50.2. The highest BCUT2D eigenvalue weighted by Gasteiger charge is 2.54. The fraction of sp³-hybridized carbons (Fsp3) is 0.714. The van der Waals surface area contributed by atoms with Gasteiger partial charge in [0, 0.05) is 12.4 Å². The molecule has 2 aliphatic heterocycles. The average molecular weight is 378 g/mol. The smallest absolute Gasteiger partial charge is 0.346 e. The van der Waals surface area contributed by atoms with Crippen molar-refractivity contribution in [1.29, 1.82) is 0 Å². The minimum Gasteiger partial charge on any atom is -0.346 e. The summed E-state index contributed by atoms with van der Waals surface area (Å²) in [5, 5.41) is 0. The largest absolute Gasteiger partial charge is 0.475 e. The highest BCUT2D eigenvalue weighted by Crippen LogP contribution is 2.56. The van der Waals surface area contributed by atoms with Gasteiger partial charge in [-0.3, -0.25) is 18.1 Å². The van der Waals surface area contributed by atoms with Gasteiger partial charge in [-0.2, -0.15) is 0 Å². The fourth-order valence-corrected chi connectivity index (χ4v) is 3.96. The number of ether oxygens (including phenoxy) is 1. The van der Waals surface area contributed by atoms with E-state index in [1.165, 1.54) is 18.5 Å². The van der Waals surface area contributed by atoms with Crippen LogP contribution in [0, 0.1) is 0 Å². The number of alkyl halides is 1. The van der Waals surface area contributed by atoms with E-state index >= 15 is 0 Å². The first-order valence-electron chi connectivity index (χ1n) is 7.89. The second-order valence-corrected chi connectivity index (χ2v) is 8.60. The summed E-state index contributed by atoms with van der Waals surface area (Å²) in [7, 11) is 1.99. The number of aromatic nitrogens is 2. The number of hydrogen-bond donors (Lipinski definition) is 0. The summed E-state index contributed by atoms with van der Waals surface area (Å²) in [6.45, 7) is 0.577. The van der Waals surface area contributed by atoms with Crippen molar-refractivity contribution in [2.75, 3.05) is 40.9 Å². The van der Waals surface area contributed by atoms with Crippen LogP contribution in [-0.2, 0) is 22.9 Å². The number of phosphoric acid groups is 1. The molecule has 0 bridgehead atoms. The number of halogens is 1. The molecular weight excluding hydrogens is 356 g/mol. The Labute approximate surface area is 144 Å². The molecule has 0 radical (unpaired) electrons. The quantitative estimate of drug-likeness (QED) is 0.551. The normalized spacial score (nSPS) is 35.5. The number of quaternary nitrogens is 1. The summed E-state index contributed by atoms with van der Waals surface area (Å²) in [6.07, 6.45) is -2.15. The summed E-state index contributed by atoms with van der Waals surface area (Å²) in [5.74, 6) is 0. The Bertz CT molecular complexity index is 723. The lowest BCUT2D eigenvalue weighted by Gasteiger charge is -2.31. The van der Waals surface area contributed by atoms with Gasteiger partial charge in [-0.15, -0.1) is 0 Å². The van der Waals surface area contributed by atoms with E-state index in [4.69, 9.17) is 18.3 Å². The van der Waals surface area contributed by atoms with Crippen LogP contribution in [0.2, 0.25) is 0 Å². The Hall–Kier alpha value is -1.16. The Morgan fingerprint density at radius 3 is 2.92 bits per heavy atom. The van der Waals surface area contributed by atoms with Gasteiger partial charge in [-0.1, -0.05) is 0 Å². The van der Waals surface area contributed by atoms with Crippen LogP contribution in [0.4, 0.5) is 4.39 Å². The maximum Gasteiger partial charge on any atom is 0.475 e. The van der Waals surface area contributed by atoms with Crippen molar-refractivity contribution in [2.45, 2.75) is 24.6 Å². The lowest BCUT2D eigenvalue weighted by molar-refractivity contribution is -0.870. The van der Waals surface area contributed by atoms with Gasteiger partial charge >= 0.3 is 13.5 Å². The molecule has 0 aromatic carbocycles. The molecular formula is C14H22FN3O6P+. The summed E-state index contributed by atoms with van der Waals surface area (Å²) in [6, 6.07) is 1.50. The van der Waals surface area contributed by atoms with Crippen LogP contribution in [0.3, 0.4) is 0 Å². The molecule has 3 heterocycles. The first kappa shape index (κ1) is 18.6. The Morgan fingerprint density at radius 2 is 2.24 bits per heavy atom. The van der Waals surface area contributed by atoms with E-state index in [-0.39, 0.29) is 13.2 Å². The molecule has 0 amide bonds. The maximum absolute atomic E-state index is 14.8. The van der Waals surface area contributed by atoms with Gasteiger partial charge in [0.2, 0.25) is 0 Å². The monoisotopic (exact) mass is 378 g/mol. The summed E-state index contributed by atoms with van der Waals surface area (Å²) in [5.41, 5.74) is -0.642. The predicted molar refractivity (Wildman–Crippen MR) is 84.6 cm³/mol. The Kier molecular flexibility index (Phi) is 5.11. The first-order valence-corrected chi connectivity index (χ1v) is 9.35. The molecule has 5 atom stereocenters. The molecule has 2 aliphatic rings. The maximum atomic E-state index is 14.8. The molecule has 2 fully saturated rings. The third-order valence-corrected chi connectivity index (χ3v) is 5.40. The molecule has 0 aliphatic carbocycles. The molecule has 0 saturated carbocycles. The van der Waals surface area contributed by atoms with Gasteiger partial charge in [0.05, 0.1) is 27.7 Å². The molecule has 11 heteroatoms. The SMILES string of the molecule is C[N+](C)(C)CCOP1(=O)OC[C@H]2O[C@@H](n3cccnc3=O)C(F)[C@@H]2O1. The molecule has 0 spiro atoms. The first-order chi connectivity index (χ1) is 11.7. The Morgan fingerprint density at radius 1 is 1.48 bits per heavy atom. The third-order valence-electron chi connectivity index (χ3n) is 3.94. The van der Waals surface area contributed by atoms with E-state index in [9.17, 15) is 13.8 Å². The van der Waals surface area contributed by atoms with Gasteiger partial charge in [0.15, 0.2) is 12.4 Å². The molecule has 1 aromatic heterocycles. The topological polar surface area (TPSA) is 88.9 Å². The van der Waals surface area contributed by atoms with Crippen LogP contribution in [0.1, 0.15) is 6.23 Å². The van der Waals surface area contributed by atoms with Crippen molar-refractivity contribution in [3.63, 3.8) is 0 Å². The predicted octanol–water partition coefficient (Wildman–Crippen LogP) is 0.725. The van der Waals surface area contributed by atoms with Crippen LogP contribution in [0.5, 0.6) is 0 Å². The van der Waals surface area contributed by atoms with Gasteiger partial charge in [-0.25, -0.2) is 18.7 Å².